The van der Waals surface area contributed by atoms with Crippen molar-refractivity contribution in [2.24, 2.45) is 0 Å². The monoisotopic (exact) mass is 224 g/mol. The third-order valence-corrected chi connectivity index (χ3v) is 3.57. The fourth-order valence-corrected chi connectivity index (χ4v) is 2.44. The number of hydrogen-bond acceptors (Lipinski definition) is 3. The summed E-state index contributed by atoms with van der Waals surface area (Å²) in [6.07, 6.45) is 1.40. The van der Waals surface area contributed by atoms with E-state index in [1.807, 2.05) is 17.5 Å². The largest absolute Gasteiger partial charge is 0.232 e. The van der Waals surface area contributed by atoms with Gasteiger partial charge in [0.25, 0.3) is 0 Å². The highest BCUT2D eigenvalue weighted by molar-refractivity contribution is 8.13. The molecule has 0 saturated heterocycles. The van der Waals surface area contributed by atoms with Crippen LogP contribution in [0, 0.1) is 0 Å². The first-order valence-corrected chi connectivity index (χ1v) is 6.88. The van der Waals surface area contributed by atoms with E-state index in [0.29, 0.717) is 6.42 Å². The Bertz CT molecular complexity index is 315. The van der Waals surface area contributed by atoms with Gasteiger partial charge >= 0.3 is 0 Å². The highest BCUT2D eigenvalue weighted by atomic mass is 35.7. The van der Waals surface area contributed by atoms with Crippen LogP contribution in [0.5, 0.6) is 0 Å². The zero-order chi connectivity index (χ0) is 9.03. The van der Waals surface area contributed by atoms with Crippen LogP contribution >= 0.6 is 22.0 Å². The van der Waals surface area contributed by atoms with E-state index in [4.69, 9.17) is 10.7 Å². The minimum atomic E-state index is -3.30. The molecule has 1 heterocycles. The molecule has 0 spiro atoms. The summed E-state index contributed by atoms with van der Waals surface area (Å²) in [4.78, 5) is 1.20. The van der Waals surface area contributed by atoms with Crippen molar-refractivity contribution in [1.82, 2.24) is 0 Å². The maximum Gasteiger partial charge on any atom is 0.232 e. The van der Waals surface area contributed by atoms with E-state index in [-0.39, 0.29) is 5.75 Å². The van der Waals surface area contributed by atoms with E-state index >= 15 is 0 Å². The highest BCUT2D eigenvalue weighted by Crippen LogP contribution is 2.12. The van der Waals surface area contributed by atoms with Crippen LogP contribution in [0.4, 0.5) is 0 Å². The minimum Gasteiger partial charge on any atom is -0.212 e. The molecule has 2 nitrogen and oxygen atoms in total. The molecule has 0 atom stereocenters. The molecule has 0 bridgehead atoms. The molecule has 0 aliphatic carbocycles. The Morgan fingerprint density at radius 1 is 1.50 bits per heavy atom. The molecule has 68 valence electrons. The molecule has 1 aromatic rings. The van der Waals surface area contributed by atoms with E-state index in [2.05, 4.69) is 0 Å². The quantitative estimate of drug-likeness (QED) is 0.736. The smallest absolute Gasteiger partial charge is 0.212 e. The first-order chi connectivity index (χ1) is 5.58. The van der Waals surface area contributed by atoms with Crippen LogP contribution in [0.1, 0.15) is 11.3 Å². The predicted molar refractivity (Wildman–Crippen MR) is 52.3 cm³/mol. The third-order valence-electron chi connectivity index (χ3n) is 1.39. The Labute approximate surface area is 80.6 Å². The second-order valence-electron chi connectivity index (χ2n) is 2.43. The van der Waals surface area contributed by atoms with Crippen LogP contribution in [0.15, 0.2) is 17.5 Å². The molecule has 0 aromatic carbocycles. The summed E-state index contributed by atoms with van der Waals surface area (Å²) in [7, 11) is 1.75. The van der Waals surface area contributed by atoms with Crippen molar-refractivity contribution in [2.75, 3.05) is 5.75 Å². The molecule has 0 amide bonds. The highest BCUT2D eigenvalue weighted by Gasteiger charge is 2.04. The molecule has 0 aliphatic rings. The molecule has 0 fully saturated rings. The molecule has 5 heteroatoms. The Morgan fingerprint density at radius 2 is 2.25 bits per heavy atom. The molecule has 1 rings (SSSR count). The van der Waals surface area contributed by atoms with Gasteiger partial charge in [0.15, 0.2) is 0 Å². The molecular weight excluding hydrogens is 216 g/mol. The topological polar surface area (TPSA) is 34.1 Å². The predicted octanol–water partition coefficient (Wildman–Crippen LogP) is 2.25. The van der Waals surface area contributed by atoms with Crippen molar-refractivity contribution in [1.29, 1.82) is 0 Å². The van der Waals surface area contributed by atoms with Gasteiger partial charge < -0.3 is 0 Å². The lowest BCUT2D eigenvalue weighted by atomic mass is 10.3. The molecular formula is C7H9ClO2S2. The van der Waals surface area contributed by atoms with Crippen LogP contribution in [0.25, 0.3) is 0 Å². The van der Waals surface area contributed by atoms with E-state index in [1.165, 1.54) is 4.88 Å². The lowest BCUT2D eigenvalue weighted by Gasteiger charge is -1.94. The van der Waals surface area contributed by atoms with Gasteiger partial charge in [-0.3, -0.25) is 0 Å². The van der Waals surface area contributed by atoms with Gasteiger partial charge in [-0.25, -0.2) is 8.42 Å². The summed E-state index contributed by atoms with van der Waals surface area (Å²) < 4.78 is 21.1. The van der Waals surface area contributed by atoms with Gasteiger partial charge in [-0.1, -0.05) is 6.07 Å². The van der Waals surface area contributed by atoms with Gasteiger partial charge in [0.1, 0.15) is 0 Å². The summed E-state index contributed by atoms with van der Waals surface area (Å²) >= 11 is 1.64. The van der Waals surface area contributed by atoms with Crippen molar-refractivity contribution in [3.63, 3.8) is 0 Å². The Balaban J connectivity index is 2.29. The zero-order valence-electron chi connectivity index (χ0n) is 6.36. The Morgan fingerprint density at radius 3 is 2.75 bits per heavy atom. The standard InChI is InChI=1S/C7H9ClO2S2/c8-12(9,10)6-2-4-7-3-1-5-11-7/h1,3,5H,2,4,6H2. The SMILES string of the molecule is O=S(=O)(Cl)CCCc1cccs1. The maximum atomic E-state index is 10.5. The maximum absolute atomic E-state index is 10.5. The van der Waals surface area contributed by atoms with E-state index in [9.17, 15) is 8.42 Å². The molecule has 0 unspecified atom stereocenters. The van der Waals surface area contributed by atoms with E-state index in [0.717, 1.165) is 6.42 Å². The number of halogens is 1. The van der Waals surface area contributed by atoms with Crippen LogP contribution in [-0.2, 0) is 15.5 Å². The normalized spacial score (nSPS) is 11.8. The number of hydrogen-bond donors (Lipinski definition) is 0. The van der Waals surface area contributed by atoms with Crippen molar-refractivity contribution in [3.8, 4) is 0 Å². The van der Waals surface area contributed by atoms with Crippen molar-refractivity contribution in [2.45, 2.75) is 12.8 Å². The van der Waals surface area contributed by atoms with E-state index in [1.54, 1.807) is 11.3 Å². The van der Waals surface area contributed by atoms with Crippen molar-refractivity contribution < 1.29 is 8.42 Å². The van der Waals surface area contributed by atoms with Gasteiger partial charge in [0.05, 0.1) is 5.75 Å². The summed E-state index contributed by atoms with van der Waals surface area (Å²) in [5, 5.41) is 1.98. The van der Waals surface area contributed by atoms with Gasteiger partial charge in [-0.15, -0.1) is 11.3 Å². The average Bonchev–Trinajstić information content (AvgIpc) is 2.36. The van der Waals surface area contributed by atoms with Crippen LogP contribution in [0.2, 0.25) is 0 Å². The van der Waals surface area contributed by atoms with Crippen molar-refractivity contribution >= 4 is 31.1 Å². The van der Waals surface area contributed by atoms with Crippen LogP contribution < -0.4 is 0 Å². The molecule has 12 heavy (non-hydrogen) atoms. The van der Waals surface area contributed by atoms with Crippen molar-refractivity contribution in [3.05, 3.63) is 22.4 Å². The first-order valence-electron chi connectivity index (χ1n) is 3.53. The zero-order valence-corrected chi connectivity index (χ0v) is 8.75. The fraction of sp³-hybridized carbons (Fsp3) is 0.429. The lowest BCUT2D eigenvalue weighted by Crippen LogP contribution is -1.97. The second kappa shape index (κ2) is 4.25. The minimum absolute atomic E-state index is 0.0620. The average molecular weight is 225 g/mol. The summed E-state index contributed by atoms with van der Waals surface area (Å²) in [6, 6.07) is 3.95. The van der Waals surface area contributed by atoms with Crippen LogP contribution in [0.3, 0.4) is 0 Å². The summed E-state index contributed by atoms with van der Waals surface area (Å²) in [6.45, 7) is 0. The van der Waals surface area contributed by atoms with Gasteiger partial charge in [-0.2, -0.15) is 0 Å². The molecule has 0 saturated carbocycles. The molecule has 0 aliphatic heterocycles. The van der Waals surface area contributed by atoms with Crippen LogP contribution in [-0.4, -0.2) is 14.2 Å². The Hall–Kier alpha value is -0.0600. The van der Waals surface area contributed by atoms with Gasteiger partial charge in [0, 0.05) is 15.6 Å². The second-order valence-corrected chi connectivity index (χ2v) is 6.35. The first kappa shape index (κ1) is 10.0. The number of aryl methyl sites for hydroxylation is 1. The van der Waals surface area contributed by atoms with Gasteiger partial charge in [0.2, 0.25) is 9.05 Å². The fourth-order valence-electron chi connectivity index (χ4n) is 0.874. The third kappa shape index (κ3) is 4.09. The molecule has 0 radical (unpaired) electrons. The number of rotatable bonds is 4. The molecule has 1 aromatic heterocycles. The van der Waals surface area contributed by atoms with Gasteiger partial charge in [-0.05, 0) is 24.3 Å². The Kier molecular flexibility index (Phi) is 3.55. The number of thiophene rings is 1. The molecule has 0 N–H and O–H groups in total. The van der Waals surface area contributed by atoms with E-state index < -0.39 is 9.05 Å². The summed E-state index contributed by atoms with van der Waals surface area (Å²) in [5.74, 6) is 0.0620. The lowest BCUT2D eigenvalue weighted by molar-refractivity contribution is 0.607. The summed E-state index contributed by atoms with van der Waals surface area (Å²) in [5.41, 5.74) is 0.